The normalized spacial score (nSPS) is 14.9. The van der Waals surface area contributed by atoms with Crippen molar-refractivity contribution in [2.24, 2.45) is 5.92 Å². The summed E-state index contributed by atoms with van der Waals surface area (Å²) in [5.74, 6) is 0.794. The lowest BCUT2D eigenvalue weighted by atomic mass is 10.0. The van der Waals surface area contributed by atoms with Crippen molar-refractivity contribution in [3.63, 3.8) is 0 Å². The minimum Gasteiger partial charge on any atom is -0.467 e. The second kappa shape index (κ2) is 9.56. The summed E-state index contributed by atoms with van der Waals surface area (Å²) < 4.78 is 6.97. The Labute approximate surface area is 173 Å². The van der Waals surface area contributed by atoms with Gasteiger partial charge < -0.3 is 14.6 Å². The van der Waals surface area contributed by atoms with Crippen LogP contribution in [0.15, 0.2) is 22.7 Å². The van der Waals surface area contributed by atoms with Gasteiger partial charge in [0.25, 0.3) is 0 Å². The minimum absolute atomic E-state index is 0.190. The highest BCUT2D eigenvalue weighted by molar-refractivity contribution is 7.99. The lowest BCUT2D eigenvalue weighted by Gasteiger charge is -2.18. The summed E-state index contributed by atoms with van der Waals surface area (Å²) in [4.78, 5) is 25.5. The van der Waals surface area contributed by atoms with Crippen LogP contribution in [0.3, 0.4) is 0 Å². The van der Waals surface area contributed by atoms with E-state index in [1.54, 1.807) is 11.3 Å². The molecule has 152 valence electrons. The van der Waals surface area contributed by atoms with Gasteiger partial charge in [-0.15, -0.1) is 21.5 Å². The van der Waals surface area contributed by atoms with Gasteiger partial charge in [0.05, 0.1) is 12.9 Å². The summed E-state index contributed by atoms with van der Waals surface area (Å²) in [7, 11) is 1.34. The van der Waals surface area contributed by atoms with Crippen LogP contribution in [0, 0.1) is 5.92 Å². The molecular weight excluding hydrogens is 396 g/mol. The Balaban J connectivity index is 1.61. The number of rotatable bonds is 10. The predicted octanol–water partition coefficient (Wildman–Crippen LogP) is 3.06. The molecule has 1 amide bonds. The topological polar surface area (TPSA) is 86.1 Å². The maximum atomic E-state index is 12.4. The molecule has 1 fully saturated rings. The third-order valence-electron chi connectivity index (χ3n) is 4.42. The monoisotopic (exact) mass is 422 g/mol. The zero-order chi connectivity index (χ0) is 20.1. The van der Waals surface area contributed by atoms with Crippen LogP contribution in [-0.2, 0) is 20.7 Å². The van der Waals surface area contributed by atoms with Crippen molar-refractivity contribution in [3.8, 4) is 0 Å². The highest BCUT2D eigenvalue weighted by Crippen LogP contribution is 2.39. The molecule has 0 aliphatic heterocycles. The Kier molecular flexibility index (Phi) is 7.12. The SMILES string of the molecule is COC(=O)[C@H](CC(C)C)NC(=O)CSc1nnc(Cc2cccs2)n1C1CC1. The van der Waals surface area contributed by atoms with Crippen LogP contribution in [-0.4, -0.2) is 45.5 Å². The van der Waals surface area contributed by atoms with E-state index in [4.69, 9.17) is 4.74 Å². The number of amides is 1. The smallest absolute Gasteiger partial charge is 0.328 e. The van der Waals surface area contributed by atoms with Crippen LogP contribution in [0.5, 0.6) is 0 Å². The second-order valence-electron chi connectivity index (χ2n) is 7.32. The first-order valence-corrected chi connectivity index (χ1v) is 11.3. The van der Waals surface area contributed by atoms with Crippen molar-refractivity contribution in [3.05, 3.63) is 28.2 Å². The molecule has 3 rings (SSSR count). The number of hydrogen-bond acceptors (Lipinski definition) is 7. The summed E-state index contributed by atoms with van der Waals surface area (Å²) in [6, 6.07) is 3.94. The first kappa shape index (κ1) is 20.9. The van der Waals surface area contributed by atoms with E-state index < -0.39 is 12.0 Å². The Morgan fingerprint density at radius 3 is 2.79 bits per heavy atom. The van der Waals surface area contributed by atoms with Crippen molar-refractivity contribution < 1.29 is 14.3 Å². The zero-order valence-electron chi connectivity index (χ0n) is 16.4. The van der Waals surface area contributed by atoms with Crippen molar-refractivity contribution in [1.82, 2.24) is 20.1 Å². The molecule has 0 spiro atoms. The maximum Gasteiger partial charge on any atom is 0.328 e. The number of ether oxygens (including phenoxy) is 1. The largest absolute Gasteiger partial charge is 0.467 e. The quantitative estimate of drug-likeness (QED) is 0.468. The fraction of sp³-hybridized carbons (Fsp3) is 0.579. The summed E-state index contributed by atoms with van der Waals surface area (Å²) in [6.07, 6.45) is 3.54. The van der Waals surface area contributed by atoms with E-state index in [1.807, 2.05) is 19.9 Å². The number of methoxy groups -OCH3 is 1. The second-order valence-corrected chi connectivity index (χ2v) is 9.29. The lowest BCUT2D eigenvalue weighted by Crippen LogP contribution is -2.43. The molecule has 0 aromatic carbocycles. The highest BCUT2D eigenvalue weighted by Gasteiger charge is 2.30. The molecule has 9 heteroatoms. The number of nitrogens with one attached hydrogen (secondary N) is 1. The van der Waals surface area contributed by atoms with Gasteiger partial charge in [-0.05, 0) is 36.6 Å². The van der Waals surface area contributed by atoms with Crippen molar-refractivity contribution in [1.29, 1.82) is 0 Å². The van der Waals surface area contributed by atoms with Crippen molar-refractivity contribution >= 4 is 35.0 Å². The molecule has 28 heavy (non-hydrogen) atoms. The highest BCUT2D eigenvalue weighted by atomic mass is 32.2. The standard InChI is InChI=1S/C19H26N4O3S2/c1-12(2)9-15(18(25)26-3)20-17(24)11-28-19-22-21-16(23(19)13-6-7-13)10-14-5-4-8-27-14/h4-5,8,12-13,15H,6-7,9-11H2,1-3H3,(H,20,24)/t15-/m0/s1. The van der Waals surface area contributed by atoms with Gasteiger partial charge in [0.15, 0.2) is 5.16 Å². The van der Waals surface area contributed by atoms with E-state index in [0.717, 1.165) is 30.2 Å². The molecule has 2 heterocycles. The third-order valence-corrected chi connectivity index (χ3v) is 6.24. The van der Waals surface area contributed by atoms with Gasteiger partial charge in [-0.2, -0.15) is 0 Å². The molecule has 0 radical (unpaired) electrons. The van der Waals surface area contributed by atoms with Crippen molar-refractivity contribution in [2.45, 2.75) is 56.8 Å². The molecule has 1 aliphatic carbocycles. The number of carbonyl (C=O) groups is 2. The first-order valence-electron chi connectivity index (χ1n) is 9.44. The van der Waals surface area contributed by atoms with Gasteiger partial charge in [0.1, 0.15) is 11.9 Å². The third kappa shape index (κ3) is 5.57. The number of aromatic nitrogens is 3. The number of thiophene rings is 1. The molecule has 1 N–H and O–H groups in total. The molecule has 2 aromatic heterocycles. The van der Waals surface area contributed by atoms with Crippen LogP contribution < -0.4 is 5.32 Å². The summed E-state index contributed by atoms with van der Waals surface area (Å²) in [6.45, 7) is 4.01. The molecule has 2 aromatic rings. The molecular formula is C19H26N4O3S2. The number of hydrogen-bond donors (Lipinski definition) is 1. The van der Waals surface area contributed by atoms with E-state index in [9.17, 15) is 9.59 Å². The molecule has 7 nitrogen and oxygen atoms in total. The van der Waals surface area contributed by atoms with E-state index in [2.05, 4.69) is 31.5 Å². The summed E-state index contributed by atoms with van der Waals surface area (Å²) in [5.41, 5.74) is 0. The molecule has 0 unspecified atom stereocenters. The Bertz CT molecular complexity index is 800. The van der Waals surface area contributed by atoms with Crippen LogP contribution in [0.4, 0.5) is 0 Å². The Morgan fingerprint density at radius 1 is 1.39 bits per heavy atom. The molecule has 0 saturated heterocycles. The molecule has 1 saturated carbocycles. The fourth-order valence-corrected chi connectivity index (χ4v) is 4.53. The van der Waals surface area contributed by atoms with Crippen LogP contribution in [0.2, 0.25) is 0 Å². The number of carbonyl (C=O) groups excluding carboxylic acids is 2. The average molecular weight is 423 g/mol. The van der Waals surface area contributed by atoms with E-state index in [0.29, 0.717) is 12.5 Å². The van der Waals surface area contributed by atoms with Gasteiger partial charge in [0.2, 0.25) is 5.91 Å². The van der Waals surface area contributed by atoms with Gasteiger partial charge in [-0.25, -0.2) is 4.79 Å². The fourth-order valence-electron chi connectivity index (χ4n) is 2.99. The van der Waals surface area contributed by atoms with Crippen LogP contribution >= 0.6 is 23.1 Å². The van der Waals surface area contributed by atoms with Crippen LogP contribution in [0.25, 0.3) is 0 Å². The van der Waals surface area contributed by atoms with Gasteiger partial charge in [-0.3, -0.25) is 4.79 Å². The summed E-state index contributed by atoms with van der Waals surface area (Å²) >= 11 is 3.07. The minimum atomic E-state index is -0.617. The molecule has 1 atom stereocenters. The van der Waals surface area contributed by atoms with Gasteiger partial charge >= 0.3 is 5.97 Å². The lowest BCUT2D eigenvalue weighted by molar-refractivity contribution is -0.145. The van der Waals surface area contributed by atoms with Crippen LogP contribution in [0.1, 0.15) is 49.9 Å². The first-order chi connectivity index (χ1) is 13.5. The number of nitrogens with zero attached hydrogens (tertiary/aromatic N) is 3. The van der Waals surface area contributed by atoms with E-state index >= 15 is 0 Å². The summed E-state index contributed by atoms with van der Waals surface area (Å²) in [5, 5.41) is 14.3. The van der Waals surface area contributed by atoms with Gasteiger partial charge in [0, 0.05) is 17.3 Å². The Morgan fingerprint density at radius 2 is 2.18 bits per heavy atom. The Hall–Kier alpha value is -1.87. The molecule has 1 aliphatic rings. The predicted molar refractivity (Wildman–Crippen MR) is 110 cm³/mol. The van der Waals surface area contributed by atoms with E-state index in [-0.39, 0.29) is 17.6 Å². The molecule has 0 bridgehead atoms. The van der Waals surface area contributed by atoms with Gasteiger partial charge in [-0.1, -0.05) is 31.7 Å². The van der Waals surface area contributed by atoms with E-state index in [1.165, 1.54) is 23.7 Å². The average Bonchev–Trinajstić information content (AvgIpc) is 3.21. The zero-order valence-corrected chi connectivity index (χ0v) is 18.0. The number of thioether (sulfide) groups is 1. The maximum absolute atomic E-state index is 12.4. The van der Waals surface area contributed by atoms with Crippen molar-refractivity contribution in [2.75, 3.05) is 12.9 Å². The number of esters is 1.